The molecule has 0 N–H and O–H groups in total. The second kappa shape index (κ2) is 4.97. The van der Waals surface area contributed by atoms with Crippen molar-refractivity contribution in [1.29, 1.82) is 0 Å². The molecule has 0 radical (unpaired) electrons. The molecule has 0 rings (SSSR count). The monoisotopic (exact) mass is 216 g/mol. The molecule has 0 aliphatic heterocycles. The van der Waals surface area contributed by atoms with Crippen molar-refractivity contribution in [3.05, 3.63) is 0 Å². The lowest BCUT2D eigenvalue weighted by Gasteiger charge is -2.39. The zero-order valence-corrected chi connectivity index (χ0v) is 11.0. The van der Waals surface area contributed by atoms with Crippen LogP contribution in [0.2, 0.25) is 0 Å². The largest absolute Gasteiger partial charge is 0.462 e. The van der Waals surface area contributed by atoms with Crippen molar-refractivity contribution in [1.82, 2.24) is 0 Å². The Hall–Kier alpha value is -0.570. The Morgan fingerprint density at radius 3 is 1.93 bits per heavy atom. The molecule has 0 aromatic heterocycles. The summed E-state index contributed by atoms with van der Waals surface area (Å²) in [6.07, 6.45) is -0.0870. The van der Waals surface area contributed by atoms with Crippen molar-refractivity contribution in [2.45, 2.75) is 47.6 Å². The Morgan fingerprint density at radius 2 is 1.67 bits per heavy atom. The molecule has 1 unspecified atom stereocenters. The number of carbonyl (C=O) groups is 1. The normalized spacial score (nSPS) is 16.3. The minimum absolute atomic E-state index is 0.0870. The molecule has 90 valence electrons. The van der Waals surface area contributed by atoms with Crippen molar-refractivity contribution in [3.63, 3.8) is 0 Å². The summed E-state index contributed by atoms with van der Waals surface area (Å²) in [5.41, 5.74) is -0.791. The lowest BCUT2D eigenvalue weighted by atomic mass is 9.68. The summed E-state index contributed by atoms with van der Waals surface area (Å²) in [5, 5.41) is 0. The highest BCUT2D eigenvalue weighted by atomic mass is 16.5. The maximum Gasteiger partial charge on any atom is 0.314 e. The molecule has 0 fully saturated rings. The summed E-state index contributed by atoms with van der Waals surface area (Å²) in [6, 6.07) is 0. The number of carbonyl (C=O) groups excluding carboxylic acids is 1. The van der Waals surface area contributed by atoms with E-state index in [1.165, 1.54) is 0 Å². The Labute approximate surface area is 93.1 Å². The molecular formula is C12H24O3. The summed E-state index contributed by atoms with van der Waals surface area (Å²) in [5.74, 6) is -0.188. The van der Waals surface area contributed by atoms with Crippen molar-refractivity contribution >= 4 is 5.97 Å². The van der Waals surface area contributed by atoms with Gasteiger partial charge in [-0.05, 0) is 26.2 Å². The van der Waals surface area contributed by atoms with Gasteiger partial charge in [0.2, 0.25) is 0 Å². The predicted molar refractivity (Wildman–Crippen MR) is 60.7 cm³/mol. The Balaban J connectivity index is 4.87. The fourth-order valence-electron chi connectivity index (χ4n) is 1.21. The van der Waals surface area contributed by atoms with Gasteiger partial charge in [0.25, 0.3) is 0 Å². The van der Waals surface area contributed by atoms with E-state index in [0.717, 1.165) is 0 Å². The highest BCUT2D eigenvalue weighted by Gasteiger charge is 2.46. The van der Waals surface area contributed by atoms with Crippen molar-refractivity contribution in [3.8, 4) is 0 Å². The van der Waals surface area contributed by atoms with Crippen LogP contribution in [0.4, 0.5) is 0 Å². The van der Waals surface area contributed by atoms with E-state index in [0.29, 0.717) is 6.61 Å². The number of esters is 1. The standard InChI is InChI=1S/C12H24O3/c1-9(2)15-10(13)12(6,8-14-7)11(3,4)5/h9H,8H2,1-7H3. The van der Waals surface area contributed by atoms with Crippen LogP contribution in [0.5, 0.6) is 0 Å². The third-order valence-electron chi connectivity index (χ3n) is 2.88. The first-order chi connectivity index (χ1) is 6.65. The van der Waals surface area contributed by atoms with Gasteiger partial charge in [-0.15, -0.1) is 0 Å². The fraction of sp³-hybridized carbons (Fsp3) is 0.917. The van der Waals surface area contributed by atoms with Crippen molar-refractivity contribution in [2.24, 2.45) is 10.8 Å². The summed E-state index contributed by atoms with van der Waals surface area (Å²) in [6.45, 7) is 12.0. The summed E-state index contributed by atoms with van der Waals surface area (Å²) >= 11 is 0. The van der Waals surface area contributed by atoms with E-state index in [1.54, 1.807) is 7.11 Å². The molecule has 0 saturated carbocycles. The SMILES string of the molecule is COCC(C)(C(=O)OC(C)C)C(C)(C)C. The van der Waals surface area contributed by atoms with E-state index < -0.39 is 5.41 Å². The topological polar surface area (TPSA) is 35.5 Å². The van der Waals surface area contributed by atoms with E-state index in [1.807, 2.05) is 41.5 Å². The summed E-state index contributed by atoms with van der Waals surface area (Å²) < 4.78 is 10.4. The molecule has 0 bridgehead atoms. The first-order valence-corrected chi connectivity index (χ1v) is 5.35. The Bertz CT molecular complexity index is 215. The van der Waals surface area contributed by atoms with Crippen LogP contribution in [-0.4, -0.2) is 25.8 Å². The van der Waals surface area contributed by atoms with Gasteiger partial charge in [0.15, 0.2) is 0 Å². The van der Waals surface area contributed by atoms with Gasteiger partial charge in [0, 0.05) is 7.11 Å². The van der Waals surface area contributed by atoms with E-state index >= 15 is 0 Å². The maximum absolute atomic E-state index is 12.0. The third-order valence-corrected chi connectivity index (χ3v) is 2.88. The van der Waals surface area contributed by atoms with Crippen LogP contribution >= 0.6 is 0 Å². The number of hydrogen-bond acceptors (Lipinski definition) is 3. The van der Waals surface area contributed by atoms with Gasteiger partial charge in [0.05, 0.1) is 18.1 Å². The highest BCUT2D eigenvalue weighted by molar-refractivity contribution is 5.77. The highest BCUT2D eigenvalue weighted by Crippen LogP contribution is 2.39. The van der Waals surface area contributed by atoms with Crippen LogP contribution in [0.15, 0.2) is 0 Å². The second-order valence-electron chi connectivity index (χ2n) is 5.47. The van der Waals surface area contributed by atoms with E-state index in [-0.39, 0.29) is 17.5 Å². The number of methoxy groups -OCH3 is 1. The molecule has 0 aliphatic rings. The van der Waals surface area contributed by atoms with Crippen LogP contribution < -0.4 is 0 Å². The zero-order chi connectivity index (χ0) is 12.3. The average molecular weight is 216 g/mol. The third kappa shape index (κ3) is 3.49. The molecule has 0 spiro atoms. The predicted octanol–water partition coefficient (Wildman–Crippen LogP) is 2.64. The Kier molecular flexibility index (Phi) is 4.78. The minimum Gasteiger partial charge on any atom is -0.462 e. The first-order valence-electron chi connectivity index (χ1n) is 5.35. The maximum atomic E-state index is 12.0. The number of rotatable bonds is 4. The van der Waals surface area contributed by atoms with Gasteiger partial charge in [0.1, 0.15) is 0 Å². The van der Waals surface area contributed by atoms with Crippen molar-refractivity contribution < 1.29 is 14.3 Å². The molecule has 3 nitrogen and oxygen atoms in total. The first kappa shape index (κ1) is 14.4. The quantitative estimate of drug-likeness (QED) is 0.678. The molecule has 0 aliphatic carbocycles. The fourth-order valence-corrected chi connectivity index (χ4v) is 1.21. The molecule has 0 amide bonds. The van der Waals surface area contributed by atoms with Crippen LogP contribution in [-0.2, 0) is 14.3 Å². The smallest absolute Gasteiger partial charge is 0.314 e. The molecule has 1 atom stereocenters. The molecule has 0 heterocycles. The van der Waals surface area contributed by atoms with E-state index in [4.69, 9.17) is 9.47 Å². The van der Waals surface area contributed by atoms with Gasteiger partial charge < -0.3 is 9.47 Å². The van der Waals surface area contributed by atoms with Gasteiger partial charge in [-0.2, -0.15) is 0 Å². The molecule has 0 aromatic carbocycles. The number of hydrogen-bond donors (Lipinski definition) is 0. The van der Waals surface area contributed by atoms with Gasteiger partial charge >= 0.3 is 5.97 Å². The lowest BCUT2D eigenvalue weighted by Crippen LogP contribution is -2.45. The molecule has 15 heavy (non-hydrogen) atoms. The second-order valence-corrected chi connectivity index (χ2v) is 5.47. The average Bonchev–Trinajstić information content (AvgIpc) is 2.00. The molecular weight excluding hydrogens is 192 g/mol. The van der Waals surface area contributed by atoms with Crippen LogP contribution in [0.3, 0.4) is 0 Å². The van der Waals surface area contributed by atoms with Gasteiger partial charge in [-0.3, -0.25) is 4.79 Å². The van der Waals surface area contributed by atoms with Crippen LogP contribution in [0, 0.1) is 10.8 Å². The molecule has 0 saturated heterocycles. The van der Waals surface area contributed by atoms with E-state index in [2.05, 4.69) is 0 Å². The summed E-state index contributed by atoms with van der Waals surface area (Å²) in [7, 11) is 1.60. The lowest BCUT2D eigenvalue weighted by molar-refractivity contribution is -0.170. The number of ether oxygens (including phenoxy) is 2. The minimum atomic E-state index is -0.605. The molecule has 3 heteroatoms. The van der Waals surface area contributed by atoms with E-state index in [9.17, 15) is 4.79 Å². The van der Waals surface area contributed by atoms with Crippen LogP contribution in [0.1, 0.15) is 41.5 Å². The molecule has 0 aromatic rings. The van der Waals surface area contributed by atoms with Gasteiger partial charge in [-0.1, -0.05) is 20.8 Å². The van der Waals surface area contributed by atoms with Crippen molar-refractivity contribution in [2.75, 3.05) is 13.7 Å². The summed E-state index contributed by atoms with van der Waals surface area (Å²) in [4.78, 5) is 12.0. The van der Waals surface area contributed by atoms with Gasteiger partial charge in [-0.25, -0.2) is 0 Å². The zero-order valence-electron chi connectivity index (χ0n) is 11.0. The van der Waals surface area contributed by atoms with Crippen LogP contribution in [0.25, 0.3) is 0 Å². The Morgan fingerprint density at radius 1 is 1.20 bits per heavy atom.